The molecule has 1 aromatic heterocycles. The Morgan fingerprint density at radius 2 is 1.85 bits per heavy atom. The molecule has 2 aromatic carbocycles. The number of ether oxygens (including phenoxy) is 1. The second kappa shape index (κ2) is 9.34. The molecule has 7 heteroatoms. The van der Waals surface area contributed by atoms with Crippen molar-refractivity contribution in [3.05, 3.63) is 76.8 Å². The number of hydrogen-bond donors (Lipinski definition) is 1. The molecule has 3 aromatic rings. The molecule has 3 rings (SSSR count). The van der Waals surface area contributed by atoms with Crippen LogP contribution >= 0.6 is 23.1 Å². The molecule has 0 bridgehead atoms. The number of benzene rings is 2. The van der Waals surface area contributed by atoms with Gasteiger partial charge in [0.2, 0.25) is 0 Å². The number of aryl methyl sites for hydroxylation is 1. The summed E-state index contributed by atoms with van der Waals surface area (Å²) in [5.74, 6) is -0.279. The SMILES string of the molecule is Cc1csc(SCc2ccccc2C(=O)OCC(=O)Nc2ccccc2)n1. The molecule has 0 saturated heterocycles. The van der Waals surface area contributed by atoms with Crippen LogP contribution in [-0.2, 0) is 15.3 Å². The van der Waals surface area contributed by atoms with Gasteiger partial charge in [0, 0.05) is 22.5 Å². The highest BCUT2D eigenvalue weighted by atomic mass is 32.2. The molecular weight excluding hydrogens is 380 g/mol. The summed E-state index contributed by atoms with van der Waals surface area (Å²) in [6, 6.07) is 16.3. The lowest BCUT2D eigenvalue weighted by Gasteiger charge is -2.09. The molecule has 1 heterocycles. The van der Waals surface area contributed by atoms with Crippen LogP contribution < -0.4 is 5.32 Å². The lowest BCUT2D eigenvalue weighted by atomic mass is 10.1. The first-order valence-corrected chi connectivity index (χ1v) is 10.1. The minimum absolute atomic E-state index is 0.332. The van der Waals surface area contributed by atoms with Crippen molar-refractivity contribution in [2.24, 2.45) is 0 Å². The molecule has 0 radical (unpaired) electrons. The second-order valence-electron chi connectivity index (χ2n) is 5.69. The Labute approximate surface area is 165 Å². The molecule has 27 heavy (non-hydrogen) atoms. The highest BCUT2D eigenvalue weighted by Gasteiger charge is 2.15. The van der Waals surface area contributed by atoms with E-state index in [0.29, 0.717) is 17.0 Å². The first-order valence-electron chi connectivity index (χ1n) is 8.26. The fraction of sp³-hybridized carbons (Fsp3) is 0.150. The first-order chi connectivity index (χ1) is 13.1. The number of nitrogens with one attached hydrogen (secondary N) is 1. The minimum atomic E-state index is -0.510. The molecule has 0 spiro atoms. The van der Waals surface area contributed by atoms with Gasteiger partial charge in [-0.25, -0.2) is 9.78 Å². The molecule has 0 atom stereocenters. The zero-order valence-corrected chi connectivity index (χ0v) is 16.3. The van der Waals surface area contributed by atoms with E-state index in [9.17, 15) is 9.59 Å². The van der Waals surface area contributed by atoms with Gasteiger partial charge in [-0.3, -0.25) is 4.79 Å². The fourth-order valence-electron chi connectivity index (χ4n) is 2.31. The summed E-state index contributed by atoms with van der Waals surface area (Å²) in [5, 5.41) is 4.68. The van der Waals surface area contributed by atoms with Crippen LogP contribution in [0.2, 0.25) is 0 Å². The average Bonchev–Trinajstić information content (AvgIpc) is 3.11. The number of thiazole rings is 1. The van der Waals surface area contributed by atoms with Crippen LogP contribution in [0, 0.1) is 6.92 Å². The third kappa shape index (κ3) is 5.67. The van der Waals surface area contributed by atoms with E-state index in [2.05, 4.69) is 10.3 Å². The van der Waals surface area contributed by atoms with Gasteiger partial charge in [-0.15, -0.1) is 11.3 Å². The fourth-order valence-corrected chi connectivity index (χ4v) is 4.16. The Balaban J connectivity index is 1.57. The number of rotatable bonds is 7. The van der Waals surface area contributed by atoms with Gasteiger partial charge in [0.15, 0.2) is 6.61 Å². The van der Waals surface area contributed by atoms with Gasteiger partial charge < -0.3 is 10.1 Å². The van der Waals surface area contributed by atoms with Gasteiger partial charge in [-0.1, -0.05) is 48.2 Å². The smallest absolute Gasteiger partial charge is 0.338 e. The lowest BCUT2D eigenvalue weighted by Crippen LogP contribution is -2.21. The topological polar surface area (TPSA) is 68.3 Å². The summed E-state index contributed by atoms with van der Waals surface area (Å²) >= 11 is 3.15. The molecule has 0 aliphatic rings. The van der Waals surface area contributed by atoms with Crippen molar-refractivity contribution >= 4 is 40.7 Å². The number of anilines is 1. The average molecular weight is 399 g/mol. The largest absolute Gasteiger partial charge is 0.452 e. The number of carbonyl (C=O) groups excluding carboxylic acids is 2. The van der Waals surface area contributed by atoms with E-state index in [1.165, 1.54) is 0 Å². The summed E-state index contributed by atoms with van der Waals surface area (Å²) in [5.41, 5.74) is 2.96. The standard InChI is InChI=1S/C20H18N2O3S2/c1-14-12-26-20(21-14)27-13-15-7-5-6-10-17(15)19(24)25-11-18(23)22-16-8-3-2-4-9-16/h2-10,12H,11,13H2,1H3,(H,22,23). The number of thioether (sulfide) groups is 1. The van der Waals surface area contributed by atoms with Crippen molar-refractivity contribution in [3.63, 3.8) is 0 Å². The number of nitrogens with zero attached hydrogens (tertiary/aromatic N) is 1. The second-order valence-corrected chi connectivity index (χ2v) is 7.77. The zero-order chi connectivity index (χ0) is 19.1. The van der Waals surface area contributed by atoms with Crippen molar-refractivity contribution in [1.82, 2.24) is 4.98 Å². The van der Waals surface area contributed by atoms with Crippen LogP contribution in [0.4, 0.5) is 5.69 Å². The third-order valence-corrected chi connectivity index (χ3v) is 5.77. The highest BCUT2D eigenvalue weighted by Crippen LogP contribution is 2.27. The van der Waals surface area contributed by atoms with Gasteiger partial charge in [0.25, 0.3) is 5.91 Å². The molecule has 0 unspecified atom stereocenters. The maximum absolute atomic E-state index is 12.4. The zero-order valence-electron chi connectivity index (χ0n) is 14.7. The van der Waals surface area contributed by atoms with Crippen LogP contribution in [0.1, 0.15) is 21.6 Å². The molecule has 0 aliphatic carbocycles. The van der Waals surface area contributed by atoms with E-state index in [4.69, 9.17) is 4.74 Å². The van der Waals surface area contributed by atoms with Gasteiger partial charge in [0.1, 0.15) is 4.34 Å². The molecular formula is C20H18N2O3S2. The Bertz CT molecular complexity index is 926. The first kappa shape index (κ1) is 19.1. The van der Waals surface area contributed by atoms with E-state index in [1.807, 2.05) is 42.6 Å². The molecule has 0 saturated carbocycles. The van der Waals surface area contributed by atoms with E-state index in [-0.39, 0.29) is 12.5 Å². The number of aromatic nitrogens is 1. The van der Waals surface area contributed by atoms with Crippen molar-refractivity contribution < 1.29 is 14.3 Å². The minimum Gasteiger partial charge on any atom is -0.452 e. The predicted octanol–water partition coefficient (Wildman–Crippen LogP) is 4.54. The predicted molar refractivity (Wildman–Crippen MR) is 108 cm³/mol. The number of carbonyl (C=O) groups is 2. The summed E-state index contributed by atoms with van der Waals surface area (Å²) in [6.45, 7) is 1.62. The number of esters is 1. The quantitative estimate of drug-likeness (QED) is 0.467. The Morgan fingerprint density at radius 3 is 2.59 bits per heavy atom. The van der Waals surface area contributed by atoms with E-state index >= 15 is 0 Å². The van der Waals surface area contributed by atoms with Crippen LogP contribution in [-0.4, -0.2) is 23.5 Å². The van der Waals surface area contributed by atoms with Crippen molar-refractivity contribution in [2.75, 3.05) is 11.9 Å². The molecule has 0 fully saturated rings. The summed E-state index contributed by atoms with van der Waals surface area (Å²) in [7, 11) is 0. The summed E-state index contributed by atoms with van der Waals surface area (Å²) in [4.78, 5) is 28.8. The van der Waals surface area contributed by atoms with E-state index in [1.54, 1.807) is 47.4 Å². The third-order valence-electron chi connectivity index (χ3n) is 3.58. The number of amides is 1. The normalized spacial score (nSPS) is 10.4. The van der Waals surface area contributed by atoms with E-state index < -0.39 is 5.97 Å². The van der Waals surface area contributed by atoms with Crippen LogP contribution in [0.3, 0.4) is 0 Å². The van der Waals surface area contributed by atoms with E-state index in [0.717, 1.165) is 15.6 Å². The van der Waals surface area contributed by atoms with Crippen molar-refractivity contribution in [2.45, 2.75) is 17.0 Å². The maximum atomic E-state index is 12.4. The lowest BCUT2D eigenvalue weighted by molar-refractivity contribution is -0.119. The molecule has 138 valence electrons. The Hall–Kier alpha value is -2.64. The summed E-state index contributed by atoms with van der Waals surface area (Å²) in [6.07, 6.45) is 0. The van der Waals surface area contributed by atoms with Gasteiger partial charge in [-0.05, 0) is 30.7 Å². The van der Waals surface area contributed by atoms with Gasteiger partial charge in [0.05, 0.1) is 5.56 Å². The van der Waals surface area contributed by atoms with Crippen LogP contribution in [0.25, 0.3) is 0 Å². The molecule has 1 N–H and O–H groups in total. The van der Waals surface area contributed by atoms with Crippen molar-refractivity contribution in [1.29, 1.82) is 0 Å². The van der Waals surface area contributed by atoms with Gasteiger partial charge >= 0.3 is 5.97 Å². The maximum Gasteiger partial charge on any atom is 0.338 e. The number of hydrogen-bond acceptors (Lipinski definition) is 6. The monoisotopic (exact) mass is 398 g/mol. The molecule has 0 aliphatic heterocycles. The summed E-state index contributed by atoms with van der Waals surface area (Å²) < 4.78 is 6.14. The van der Waals surface area contributed by atoms with Crippen LogP contribution in [0.5, 0.6) is 0 Å². The molecule has 1 amide bonds. The number of para-hydroxylation sites is 1. The molecule has 5 nitrogen and oxygen atoms in total. The Morgan fingerprint density at radius 1 is 1.11 bits per heavy atom. The Kier molecular flexibility index (Phi) is 6.62. The van der Waals surface area contributed by atoms with Gasteiger partial charge in [-0.2, -0.15) is 0 Å². The van der Waals surface area contributed by atoms with Crippen LogP contribution in [0.15, 0.2) is 64.3 Å². The van der Waals surface area contributed by atoms with Crippen molar-refractivity contribution in [3.8, 4) is 0 Å². The highest BCUT2D eigenvalue weighted by molar-refractivity contribution is 8.00.